The van der Waals surface area contributed by atoms with Crippen LogP contribution in [-0.2, 0) is 0 Å². The molecule has 2 aromatic rings. The molecule has 1 fully saturated rings. The average molecular weight is 270 g/mol. The SMILES string of the molecule is Cc1cc(N)c2c(OC3CCC(C)CC3)cccc2n1. The molecule has 0 spiro atoms. The highest BCUT2D eigenvalue weighted by atomic mass is 16.5. The van der Waals surface area contributed by atoms with E-state index in [9.17, 15) is 0 Å². The molecular formula is C17H22N2O. The van der Waals surface area contributed by atoms with E-state index in [2.05, 4.69) is 11.9 Å². The molecule has 0 atom stereocenters. The first kappa shape index (κ1) is 13.2. The Bertz CT molecular complexity index is 616. The molecule has 20 heavy (non-hydrogen) atoms. The molecule has 1 heterocycles. The van der Waals surface area contributed by atoms with E-state index in [1.54, 1.807) is 0 Å². The largest absolute Gasteiger partial charge is 0.490 e. The van der Waals surface area contributed by atoms with Crippen LogP contribution >= 0.6 is 0 Å². The van der Waals surface area contributed by atoms with Gasteiger partial charge in [-0.2, -0.15) is 0 Å². The van der Waals surface area contributed by atoms with Gasteiger partial charge in [0.1, 0.15) is 5.75 Å². The Morgan fingerprint density at radius 2 is 1.95 bits per heavy atom. The molecule has 1 aromatic heterocycles. The fourth-order valence-electron chi connectivity index (χ4n) is 3.05. The average Bonchev–Trinajstić information content (AvgIpc) is 2.41. The predicted molar refractivity (Wildman–Crippen MR) is 82.9 cm³/mol. The molecule has 1 aromatic carbocycles. The first-order valence-electron chi connectivity index (χ1n) is 7.46. The minimum atomic E-state index is 0.317. The topological polar surface area (TPSA) is 48.1 Å². The molecule has 1 aliphatic carbocycles. The van der Waals surface area contributed by atoms with Crippen LogP contribution in [0.4, 0.5) is 5.69 Å². The highest BCUT2D eigenvalue weighted by Gasteiger charge is 2.20. The van der Waals surface area contributed by atoms with Crippen molar-refractivity contribution in [1.82, 2.24) is 4.98 Å². The lowest BCUT2D eigenvalue weighted by Crippen LogP contribution is -2.23. The number of nitrogens with two attached hydrogens (primary N) is 1. The van der Waals surface area contributed by atoms with Gasteiger partial charge < -0.3 is 10.5 Å². The first-order chi connectivity index (χ1) is 9.63. The molecule has 106 valence electrons. The molecule has 2 N–H and O–H groups in total. The van der Waals surface area contributed by atoms with E-state index in [1.807, 2.05) is 31.2 Å². The van der Waals surface area contributed by atoms with Crippen molar-refractivity contribution in [2.45, 2.75) is 45.6 Å². The van der Waals surface area contributed by atoms with E-state index < -0.39 is 0 Å². The van der Waals surface area contributed by atoms with Crippen molar-refractivity contribution < 1.29 is 4.74 Å². The predicted octanol–water partition coefficient (Wildman–Crippen LogP) is 4.08. The number of ether oxygens (including phenoxy) is 1. The van der Waals surface area contributed by atoms with E-state index in [-0.39, 0.29) is 0 Å². The summed E-state index contributed by atoms with van der Waals surface area (Å²) >= 11 is 0. The van der Waals surface area contributed by atoms with Crippen LogP contribution in [-0.4, -0.2) is 11.1 Å². The van der Waals surface area contributed by atoms with Crippen LogP contribution in [0.5, 0.6) is 5.75 Å². The quantitative estimate of drug-likeness (QED) is 0.894. The summed E-state index contributed by atoms with van der Waals surface area (Å²) < 4.78 is 6.22. The normalized spacial score (nSPS) is 22.9. The lowest BCUT2D eigenvalue weighted by atomic mass is 9.89. The van der Waals surface area contributed by atoms with Crippen LogP contribution in [0, 0.1) is 12.8 Å². The number of nitrogens with zero attached hydrogens (tertiary/aromatic N) is 1. The zero-order chi connectivity index (χ0) is 14.1. The maximum atomic E-state index is 6.22. The Morgan fingerprint density at radius 3 is 2.70 bits per heavy atom. The maximum absolute atomic E-state index is 6.22. The smallest absolute Gasteiger partial charge is 0.131 e. The number of fused-ring (bicyclic) bond motifs is 1. The first-order valence-corrected chi connectivity index (χ1v) is 7.46. The van der Waals surface area contributed by atoms with Gasteiger partial charge in [-0.1, -0.05) is 13.0 Å². The van der Waals surface area contributed by atoms with E-state index in [0.717, 1.165) is 46.8 Å². The van der Waals surface area contributed by atoms with Crippen molar-refractivity contribution in [3.8, 4) is 5.75 Å². The second kappa shape index (κ2) is 5.31. The summed E-state index contributed by atoms with van der Waals surface area (Å²) in [5, 5.41) is 0.955. The monoisotopic (exact) mass is 270 g/mol. The Labute approximate surface area is 120 Å². The second-order valence-electron chi connectivity index (χ2n) is 6.00. The number of hydrogen-bond donors (Lipinski definition) is 1. The molecule has 3 nitrogen and oxygen atoms in total. The van der Waals surface area contributed by atoms with Gasteiger partial charge in [-0.25, -0.2) is 0 Å². The highest BCUT2D eigenvalue weighted by Crippen LogP contribution is 2.33. The van der Waals surface area contributed by atoms with Crippen LogP contribution < -0.4 is 10.5 Å². The molecule has 0 aliphatic heterocycles. The lowest BCUT2D eigenvalue weighted by molar-refractivity contribution is 0.137. The zero-order valence-electron chi connectivity index (χ0n) is 12.2. The number of aromatic nitrogens is 1. The summed E-state index contributed by atoms with van der Waals surface area (Å²) in [4.78, 5) is 4.54. The molecule has 0 radical (unpaired) electrons. The lowest BCUT2D eigenvalue weighted by Gasteiger charge is -2.27. The minimum Gasteiger partial charge on any atom is -0.490 e. The number of nitrogen functional groups attached to an aromatic ring is 1. The highest BCUT2D eigenvalue weighted by molar-refractivity contribution is 5.95. The molecule has 0 saturated heterocycles. The van der Waals surface area contributed by atoms with Crippen LogP contribution in [0.15, 0.2) is 24.3 Å². The van der Waals surface area contributed by atoms with Crippen molar-refractivity contribution in [3.63, 3.8) is 0 Å². The van der Waals surface area contributed by atoms with Crippen LogP contribution in [0.3, 0.4) is 0 Å². The van der Waals surface area contributed by atoms with Crippen molar-refractivity contribution >= 4 is 16.6 Å². The molecule has 0 amide bonds. The van der Waals surface area contributed by atoms with Gasteiger partial charge in [-0.05, 0) is 56.7 Å². The third-order valence-electron chi connectivity index (χ3n) is 4.21. The number of rotatable bonds is 2. The van der Waals surface area contributed by atoms with Crippen molar-refractivity contribution in [2.75, 3.05) is 5.73 Å². The van der Waals surface area contributed by atoms with Crippen molar-refractivity contribution in [2.24, 2.45) is 5.92 Å². The molecule has 3 rings (SSSR count). The van der Waals surface area contributed by atoms with Gasteiger partial charge in [0.05, 0.1) is 17.0 Å². The van der Waals surface area contributed by atoms with Gasteiger partial charge in [-0.15, -0.1) is 0 Å². The van der Waals surface area contributed by atoms with Gasteiger partial charge in [0.15, 0.2) is 0 Å². The third-order valence-corrected chi connectivity index (χ3v) is 4.21. The van der Waals surface area contributed by atoms with Gasteiger partial charge in [0.2, 0.25) is 0 Å². The molecule has 0 bridgehead atoms. The Hall–Kier alpha value is -1.77. The Kier molecular flexibility index (Phi) is 3.51. The summed E-state index contributed by atoms with van der Waals surface area (Å²) in [5.74, 6) is 1.71. The maximum Gasteiger partial charge on any atom is 0.131 e. The van der Waals surface area contributed by atoms with Gasteiger partial charge in [0.25, 0.3) is 0 Å². The van der Waals surface area contributed by atoms with Crippen molar-refractivity contribution in [3.05, 3.63) is 30.0 Å². The van der Waals surface area contributed by atoms with Gasteiger partial charge >= 0.3 is 0 Å². The van der Waals surface area contributed by atoms with Gasteiger partial charge in [0, 0.05) is 11.4 Å². The summed E-state index contributed by atoms with van der Waals surface area (Å²) in [5.41, 5.74) is 8.79. The number of hydrogen-bond acceptors (Lipinski definition) is 3. The Balaban J connectivity index is 1.91. The third kappa shape index (κ3) is 2.58. The summed E-state index contributed by atoms with van der Waals surface area (Å²) in [6, 6.07) is 7.91. The summed E-state index contributed by atoms with van der Waals surface area (Å²) in [7, 11) is 0. The Morgan fingerprint density at radius 1 is 1.20 bits per heavy atom. The van der Waals surface area contributed by atoms with E-state index >= 15 is 0 Å². The zero-order valence-corrected chi connectivity index (χ0v) is 12.2. The molecule has 1 saturated carbocycles. The van der Waals surface area contributed by atoms with Crippen LogP contribution in [0.2, 0.25) is 0 Å². The van der Waals surface area contributed by atoms with E-state index in [0.29, 0.717) is 6.10 Å². The number of benzene rings is 1. The number of aryl methyl sites for hydroxylation is 1. The van der Waals surface area contributed by atoms with Gasteiger partial charge in [-0.3, -0.25) is 4.98 Å². The molecular weight excluding hydrogens is 248 g/mol. The minimum absolute atomic E-state index is 0.317. The number of anilines is 1. The number of pyridine rings is 1. The van der Waals surface area contributed by atoms with Crippen LogP contribution in [0.1, 0.15) is 38.3 Å². The molecule has 3 heteroatoms. The summed E-state index contributed by atoms with van der Waals surface area (Å²) in [6.45, 7) is 4.28. The fourth-order valence-corrected chi connectivity index (χ4v) is 3.05. The summed E-state index contributed by atoms with van der Waals surface area (Å²) in [6.07, 6.45) is 5.09. The van der Waals surface area contributed by atoms with Crippen LogP contribution in [0.25, 0.3) is 10.9 Å². The van der Waals surface area contributed by atoms with E-state index in [4.69, 9.17) is 10.5 Å². The molecule has 0 unspecified atom stereocenters. The fraction of sp³-hybridized carbons (Fsp3) is 0.471. The standard InChI is InChI=1S/C17H22N2O/c1-11-6-8-13(9-7-11)20-16-5-3-4-15-17(16)14(18)10-12(2)19-15/h3-5,10-11,13H,6-9H2,1-2H3,(H2,18,19). The second-order valence-corrected chi connectivity index (χ2v) is 6.00. The van der Waals surface area contributed by atoms with Crippen molar-refractivity contribution in [1.29, 1.82) is 0 Å². The van der Waals surface area contributed by atoms with E-state index in [1.165, 1.54) is 12.8 Å². The molecule has 1 aliphatic rings.